The molecule has 0 bridgehead atoms. The first-order valence-corrected chi connectivity index (χ1v) is 17.6. The number of carboxylic acids is 1. The van der Waals surface area contributed by atoms with Gasteiger partial charge < -0.3 is 25.8 Å². The Kier molecular flexibility index (Phi) is 12.4. The number of nitrogens with one attached hydrogen (secondary N) is 2. The molecule has 0 radical (unpaired) electrons. The van der Waals surface area contributed by atoms with Gasteiger partial charge in [0.25, 0.3) is 16.1 Å². The van der Waals surface area contributed by atoms with E-state index in [1.165, 1.54) is 10.5 Å². The van der Waals surface area contributed by atoms with Crippen molar-refractivity contribution < 1.29 is 32.6 Å². The van der Waals surface area contributed by atoms with Crippen LogP contribution in [0.4, 0.5) is 5.69 Å². The number of carbonyl (C=O) groups is 3. The lowest BCUT2D eigenvalue weighted by Crippen LogP contribution is -2.55. The van der Waals surface area contributed by atoms with Crippen LogP contribution in [0.3, 0.4) is 0 Å². The Labute approximate surface area is 293 Å². The van der Waals surface area contributed by atoms with Crippen LogP contribution in [-0.4, -0.2) is 78.5 Å². The highest BCUT2D eigenvalue weighted by molar-refractivity contribution is 7.87. The second kappa shape index (κ2) is 16.3. The molecule has 50 heavy (non-hydrogen) atoms. The van der Waals surface area contributed by atoms with Crippen molar-refractivity contribution in [2.45, 2.75) is 58.8 Å². The largest absolute Gasteiger partial charge is 0.480 e. The summed E-state index contributed by atoms with van der Waals surface area (Å²) in [5.41, 5.74) is 9.25. The van der Waals surface area contributed by atoms with Gasteiger partial charge in [0.15, 0.2) is 0 Å². The normalized spacial score (nSPS) is 15.1. The number of benzene rings is 2. The average molecular weight is 705 g/mol. The Morgan fingerprint density at radius 1 is 0.980 bits per heavy atom. The summed E-state index contributed by atoms with van der Waals surface area (Å²) in [5, 5.41) is 12.2. The molecule has 2 atom stereocenters. The summed E-state index contributed by atoms with van der Waals surface area (Å²) >= 11 is 0. The van der Waals surface area contributed by atoms with E-state index in [1.54, 1.807) is 65.0 Å². The Hall–Kier alpha value is -4.81. The van der Waals surface area contributed by atoms with E-state index in [1.807, 2.05) is 30.3 Å². The number of nitrogens with zero attached hydrogens (tertiary/aromatic N) is 3. The second-order valence-corrected chi connectivity index (χ2v) is 14.9. The van der Waals surface area contributed by atoms with Gasteiger partial charge in [0, 0.05) is 55.7 Å². The molecule has 1 unspecified atom stereocenters. The predicted octanol–water partition coefficient (Wildman–Crippen LogP) is 2.82. The topological polar surface area (TPSA) is 184 Å². The van der Waals surface area contributed by atoms with Crippen molar-refractivity contribution in [1.82, 2.24) is 19.3 Å². The number of ether oxygens (including phenoxy) is 1. The number of pyridine rings is 1. The molecule has 0 saturated carbocycles. The summed E-state index contributed by atoms with van der Waals surface area (Å²) in [7, 11) is -3.95. The summed E-state index contributed by atoms with van der Waals surface area (Å²) in [6, 6.07) is 15.8. The van der Waals surface area contributed by atoms with Crippen LogP contribution in [0.5, 0.6) is 0 Å². The van der Waals surface area contributed by atoms with Crippen molar-refractivity contribution in [3.63, 3.8) is 0 Å². The number of piperazine rings is 1. The fourth-order valence-corrected chi connectivity index (χ4v) is 6.58. The fourth-order valence-electron chi connectivity index (χ4n) is 5.10. The Morgan fingerprint density at radius 3 is 2.26 bits per heavy atom. The van der Waals surface area contributed by atoms with Crippen molar-refractivity contribution in [3.05, 3.63) is 94.8 Å². The van der Waals surface area contributed by atoms with Crippen molar-refractivity contribution >= 4 is 33.7 Å². The molecule has 2 aromatic carbocycles. The van der Waals surface area contributed by atoms with E-state index in [2.05, 4.69) is 31.8 Å². The van der Waals surface area contributed by atoms with Gasteiger partial charge in [0.1, 0.15) is 23.4 Å². The fraction of sp³-hybridized carbons (Fsp3) is 0.389. The minimum atomic E-state index is -3.95. The lowest BCUT2D eigenvalue weighted by molar-refractivity contribution is -0.156. The first-order valence-electron chi connectivity index (χ1n) is 16.2. The van der Waals surface area contributed by atoms with E-state index in [0.717, 1.165) is 16.8 Å². The number of nitrogens with two attached hydrogens (primary N) is 1. The number of hydrogen-bond acceptors (Lipinski definition) is 9. The molecule has 1 saturated heterocycles. The molecule has 0 aliphatic carbocycles. The smallest absolute Gasteiger partial charge is 0.328 e. The molecule has 3 aromatic rings. The van der Waals surface area contributed by atoms with Crippen molar-refractivity contribution in [1.29, 1.82) is 0 Å². The Balaban J connectivity index is 1.31. The third kappa shape index (κ3) is 10.6. The van der Waals surface area contributed by atoms with Gasteiger partial charge in [-0.15, -0.1) is 0 Å². The summed E-state index contributed by atoms with van der Waals surface area (Å²) in [4.78, 5) is 43.0. The zero-order valence-corrected chi connectivity index (χ0v) is 29.7. The van der Waals surface area contributed by atoms with Crippen LogP contribution < -0.4 is 20.7 Å². The van der Waals surface area contributed by atoms with E-state index in [9.17, 15) is 27.9 Å². The van der Waals surface area contributed by atoms with Crippen LogP contribution in [0, 0.1) is 17.8 Å². The zero-order chi connectivity index (χ0) is 36.6. The van der Waals surface area contributed by atoms with Crippen LogP contribution in [0.25, 0.3) is 0 Å². The first kappa shape index (κ1) is 38.0. The zero-order valence-electron chi connectivity index (χ0n) is 28.8. The molecule has 1 amide bonds. The van der Waals surface area contributed by atoms with E-state index < -0.39 is 45.8 Å². The molecule has 266 valence electrons. The maximum atomic E-state index is 12.9. The monoisotopic (exact) mass is 704 g/mol. The molecule has 1 aromatic heterocycles. The molecule has 13 nitrogen and oxygen atoms in total. The molecule has 1 fully saturated rings. The number of hydrogen-bond donors (Lipinski definition) is 4. The summed E-state index contributed by atoms with van der Waals surface area (Å²) in [5.74, 6) is 3.64. The Bertz CT molecular complexity index is 1860. The maximum absolute atomic E-state index is 12.9. The van der Waals surface area contributed by atoms with Gasteiger partial charge in [-0.05, 0) is 74.2 Å². The van der Waals surface area contributed by atoms with Crippen LogP contribution in [-0.2, 0) is 31.1 Å². The second-order valence-electron chi connectivity index (χ2n) is 13.2. The number of aliphatic carboxylic acids is 1. The molecular weight excluding hydrogens is 660 g/mol. The quantitative estimate of drug-likeness (QED) is 0.171. The standard InChI is InChI=1S/C36H44N6O7S/c1-24(2)32(34(44)45)40-50(47,48)42-19-17-41(18-20-42)29-13-11-25(12-14-29)9-10-26-15-16-38-30(22-26)33(43)39-23-27-7-6-8-28(21-27)31(37)35(46)49-36(3,4)5/h6-8,11-16,21-22,24,31-32,40H,17-20,23,37H2,1-5H3,(H,39,43)(H,44,45)/t31?,32-/m1/s1. The van der Waals surface area contributed by atoms with Gasteiger partial charge in [-0.2, -0.15) is 17.4 Å². The molecule has 4 rings (SSSR count). The Morgan fingerprint density at radius 2 is 1.64 bits per heavy atom. The molecular formula is C36H44N6O7S. The number of rotatable bonds is 11. The summed E-state index contributed by atoms with van der Waals surface area (Å²) in [6.07, 6.45) is 1.52. The minimum absolute atomic E-state index is 0.197. The van der Waals surface area contributed by atoms with Gasteiger partial charge in [-0.3, -0.25) is 14.6 Å². The van der Waals surface area contributed by atoms with Gasteiger partial charge in [-0.25, -0.2) is 4.79 Å². The number of aromatic nitrogens is 1. The number of carbonyl (C=O) groups excluding carboxylic acids is 2. The van der Waals surface area contributed by atoms with Crippen molar-refractivity contribution in [2.24, 2.45) is 11.7 Å². The SMILES string of the molecule is CC(C)[C@@H](NS(=O)(=O)N1CCN(c2ccc(C#Cc3ccnc(C(=O)NCc4cccc(C(N)C(=O)OC(C)(C)C)c4)c3)cc2)CC1)C(=O)O. The van der Waals surface area contributed by atoms with Crippen LogP contribution in [0.2, 0.25) is 0 Å². The van der Waals surface area contributed by atoms with Crippen LogP contribution in [0.15, 0.2) is 66.9 Å². The van der Waals surface area contributed by atoms with Gasteiger partial charge in [-0.1, -0.05) is 50.0 Å². The summed E-state index contributed by atoms with van der Waals surface area (Å²) < 4.78 is 34.5. The highest BCUT2D eigenvalue weighted by atomic mass is 32.2. The molecule has 1 aliphatic rings. The number of carboxylic acid groups (broad SMARTS) is 1. The average Bonchev–Trinajstić information content (AvgIpc) is 3.08. The van der Waals surface area contributed by atoms with Gasteiger partial charge >= 0.3 is 11.9 Å². The van der Waals surface area contributed by atoms with E-state index in [-0.39, 0.29) is 31.2 Å². The van der Waals surface area contributed by atoms with Gasteiger partial charge in [0.2, 0.25) is 0 Å². The van der Waals surface area contributed by atoms with Crippen LogP contribution >= 0.6 is 0 Å². The molecule has 1 aliphatic heterocycles. The predicted molar refractivity (Wildman–Crippen MR) is 189 cm³/mol. The maximum Gasteiger partial charge on any atom is 0.328 e. The van der Waals surface area contributed by atoms with E-state index >= 15 is 0 Å². The van der Waals surface area contributed by atoms with Crippen LogP contribution in [0.1, 0.15) is 73.4 Å². The number of esters is 1. The molecule has 2 heterocycles. The van der Waals surface area contributed by atoms with E-state index in [4.69, 9.17) is 10.5 Å². The van der Waals surface area contributed by atoms with E-state index in [0.29, 0.717) is 24.2 Å². The molecule has 5 N–H and O–H groups in total. The molecule has 14 heteroatoms. The third-order valence-electron chi connectivity index (χ3n) is 7.79. The summed E-state index contributed by atoms with van der Waals surface area (Å²) in [6.45, 7) is 10.1. The minimum Gasteiger partial charge on any atom is -0.480 e. The molecule has 0 spiro atoms. The lowest BCUT2D eigenvalue weighted by atomic mass is 10.0. The van der Waals surface area contributed by atoms with Crippen molar-refractivity contribution in [2.75, 3.05) is 31.1 Å². The first-order chi connectivity index (χ1) is 23.5. The lowest BCUT2D eigenvalue weighted by Gasteiger charge is -2.36. The highest BCUT2D eigenvalue weighted by Gasteiger charge is 2.33. The number of amides is 1. The third-order valence-corrected chi connectivity index (χ3v) is 9.38. The number of anilines is 1. The van der Waals surface area contributed by atoms with Crippen molar-refractivity contribution in [3.8, 4) is 11.8 Å². The van der Waals surface area contributed by atoms with Gasteiger partial charge in [0.05, 0.1) is 0 Å². The highest BCUT2D eigenvalue weighted by Crippen LogP contribution is 2.20.